The number of ether oxygens (including phenoxy) is 1. The number of halogens is 1. The standard InChI is InChI=1S/C29H31FN4O4/c1-28-13-14-29(38-28)23(22(28)25(35)32-21-11-9-19(30)10-12-21)27(37)34(17-18-6-5-15-31-16-18)24(29)26(36)33-20-7-3-2-4-8-20/h5-6,9-16,20,22-24H,2-4,7-8,17H2,1H3,(H,32,35)(H,33,36). The fourth-order valence-electron chi connectivity index (χ4n) is 6.77. The number of benzene rings is 1. The van der Waals surface area contributed by atoms with E-state index in [0.29, 0.717) is 5.69 Å². The van der Waals surface area contributed by atoms with E-state index < -0.39 is 40.8 Å². The maximum atomic E-state index is 14.1. The highest BCUT2D eigenvalue weighted by atomic mass is 19.1. The maximum absolute atomic E-state index is 14.1. The summed E-state index contributed by atoms with van der Waals surface area (Å²) in [6.45, 7) is 1.95. The number of carbonyl (C=O) groups excluding carboxylic acids is 3. The Bertz CT molecular complexity index is 1280. The Kier molecular flexibility index (Phi) is 6.06. The number of rotatable bonds is 6. The highest BCUT2D eigenvalue weighted by Gasteiger charge is 2.76. The van der Waals surface area contributed by atoms with E-state index in [1.54, 1.807) is 36.4 Å². The van der Waals surface area contributed by atoms with Crippen LogP contribution in [0.1, 0.15) is 44.6 Å². The van der Waals surface area contributed by atoms with Crippen molar-refractivity contribution in [3.63, 3.8) is 0 Å². The summed E-state index contributed by atoms with van der Waals surface area (Å²) in [6, 6.07) is 8.24. The number of amides is 3. The molecule has 1 aromatic heterocycles. The molecule has 5 unspecified atom stereocenters. The summed E-state index contributed by atoms with van der Waals surface area (Å²) in [5, 5.41) is 6.02. The minimum Gasteiger partial charge on any atom is -0.356 e. The van der Waals surface area contributed by atoms with Crippen LogP contribution >= 0.6 is 0 Å². The van der Waals surface area contributed by atoms with E-state index in [1.165, 1.54) is 24.3 Å². The Morgan fingerprint density at radius 1 is 1.11 bits per heavy atom. The van der Waals surface area contributed by atoms with E-state index in [2.05, 4.69) is 15.6 Å². The minimum absolute atomic E-state index is 0.0535. The molecule has 2 N–H and O–H groups in total. The second kappa shape index (κ2) is 9.31. The van der Waals surface area contributed by atoms with Gasteiger partial charge in [-0.25, -0.2) is 4.39 Å². The first-order valence-corrected chi connectivity index (χ1v) is 13.3. The molecule has 4 heterocycles. The highest BCUT2D eigenvalue weighted by molar-refractivity contribution is 6.03. The van der Waals surface area contributed by atoms with E-state index in [9.17, 15) is 18.8 Å². The Hall–Kier alpha value is -3.59. The fourth-order valence-corrected chi connectivity index (χ4v) is 6.77. The summed E-state index contributed by atoms with van der Waals surface area (Å²) in [5.74, 6) is -3.12. The summed E-state index contributed by atoms with van der Waals surface area (Å²) >= 11 is 0. The summed E-state index contributed by atoms with van der Waals surface area (Å²) < 4.78 is 20.0. The second-order valence-corrected chi connectivity index (χ2v) is 11.0. The molecule has 198 valence electrons. The van der Waals surface area contributed by atoms with Crippen molar-refractivity contribution in [1.29, 1.82) is 0 Å². The van der Waals surface area contributed by atoms with Crippen molar-refractivity contribution in [2.24, 2.45) is 11.8 Å². The van der Waals surface area contributed by atoms with Crippen LogP contribution in [0, 0.1) is 17.7 Å². The van der Waals surface area contributed by atoms with E-state index in [0.717, 1.165) is 37.7 Å². The molecule has 1 spiro atoms. The van der Waals surface area contributed by atoms with Gasteiger partial charge in [0, 0.05) is 30.7 Å². The monoisotopic (exact) mass is 518 g/mol. The van der Waals surface area contributed by atoms with Gasteiger partial charge >= 0.3 is 0 Å². The molecule has 3 amide bonds. The van der Waals surface area contributed by atoms with E-state index in [-0.39, 0.29) is 24.4 Å². The molecule has 38 heavy (non-hydrogen) atoms. The van der Waals surface area contributed by atoms with Gasteiger partial charge in [0.15, 0.2) is 0 Å². The first-order chi connectivity index (χ1) is 18.3. The van der Waals surface area contributed by atoms with Crippen molar-refractivity contribution in [2.45, 2.75) is 68.9 Å². The van der Waals surface area contributed by atoms with Gasteiger partial charge in [-0.3, -0.25) is 19.4 Å². The first kappa shape index (κ1) is 24.7. The van der Waals surface area contributed by atoms with Crippen LogP contribution < -0.4 is 10.6 Å². The molecule has 2 saturated heterocycles. The number of hydrogen-bond donors (Lipinski definition) is 2. The van der Waals surface area contributed by atoms with Crippen LogP contribution in [-0.4, -0.2) is 50.9 Å². The lowest BCUT2D eigenvalue weighted by atomic mass is 9.70. The average Bonchev–Trinajstić information content (AvgIpc) is 3.47. The molecule has 3 aliphatic heterocycles. The Morgan fingerprint density at radius 2 is 1.87 bits per heavy atom. The number of fused-ring (bicyclic) bond motifs is 1. The lowest BCUT2D eigenvalue weighted by molar-refractivity contribution is -0.145. The van der Waals surface area contributed by atoms with Crippen LogP contribution in [0.2, 0.25) is 0 Å². The molecule has 3 fully saturated rings. The average molecular weight is 519 g/mol. The predicted molar refractivity (Wildman–Crippen MR) is 137 cm³/mol. The van der Waals surface area contributed by atoms with Crippen molar-refractivity contribution in [2.75, 3.05) is 5.32 Å². The number of nitrogens with zero attached hydrogens (tertiary/aromatic N) is 2. The van der Waals surface area contributed by atoms with Crippen molar-refractivity contribution < 1.29 is 23.5 Å². The van der Waals surface area contributed by atoms with Crippen LogP contribution in [0.5, 0.6) is 0 Å². The molecule has 1 aromatic carbocycles. The van der Waals surface area contributed by atoms with Gasteiger partial charge in [0.05, 0.1) is 17.4 Å². The molecular formula is C29H31FN4O4. The largest absolute Gasteiger partial charge is 0.356 e. The minimum atomic E-state index is -1.27. The zero-order chi connectivity index (χ0) is 26.5. The molecule has 1 aliphatic carbocycles. The number of likely N-dealkylation sites (tertiary alicyclic amines) is 1. The van der Waals surface area contributed by atoms with Crippen molar-refractivity contribution in [3.8, 4) is 0 Å². The van der Waals surface area contributed by atoms with Gasteiger partial charge in [-0.15, -0.1) is 0 Å². The number of aromatic nitrogens is 1. The molecule has 8 nitrogen and oxygen atoms in total. The lowest BCUT2D eigenvalue weighted by Crippen LogP contribution is -2.56. The zero-order valence-electron chi connectivity index (χ0n) is 21.2. The number of nitrogens with one attached hydrogen (secondary N) is 2. The van der Waals surface area contributed by atoms with Gasteiger partial charge in [-0.05, 0) is 55.7 Å². The van der Waals surface area contributed by atoms with E-state index in [1.807, 2.05) is 12.1 Å². The summed E-state index contributed by atoms with van der Waals surface area (Å²) in [7, 11) is 0. The Labute approximate surface area is 220 Å². The summed E-state index contributed by atoms with van der Waals surface area (Å²) in [4.78, 5) is 47.4. The van der Waals surface area contributed by atoms with Crippen LogP contribution in [0.4, 0.5) is 10.1 Å². The van der Waals surface area contributed by atoms with E-state index >= 15 is 0 Å². The molecule has 9 heteroatoms. The molecule has 6 rings (SSSR count). The van der Waals surface area contributed by atoms with Crippen molar-refractivity contribution >= 4 is 23.4 Å². The summed E-state index contributed by atoms with van der Waals surface area (Å²) in [6.07, 6.45) is 12.0. The molecule has 1 saturated carbocycles. The summed E-state index contributed by atoms with van der Waals surface area (Å²) in [5.41, 5.74) is -1.12. The number of hydrogen-bond acceptors (Lipinski definition) is 5. The zero-order valence-corrected chi connectivity index (χ0v) is 21.2. The number of pyridine rings is 1. The topological polar surface area (TPSA) is 101 Å². The van der Waals surface area contributed by atoms with E-state index in [4.69, 9.17) is 4.74 Å². The van der Waals surface area contributed by atoms with Crippen LogP contribution in [0.25, 0.3) is 0 Å². The van der Waals surface area contributed by atoms with Crippen molar-refractivity contribution in [1.82, 2.24) is 15.2 Å². The second-order valence-electron chi connectivity index (χ2n) is 11.0. The molecule has 5 atom stereocenters. The smallest absolute Gasteiger partial charge is 0.246 e. The van der Waals surface area contributed by atoms with Gasteiger partial charge in [-0.1, -0.05) is 37.5 Å². The number of anilines is 1. The normalized spacial score (nSPS) is 31.9. The quantitative estimate of drug-likeness (QED) is 0.572. The molecule has 0 radical (unpaired) electrons. The number of carbonyl (C=O) groups is 3. The first-order valence-electron chi connectivity index (χ1n) is 13.3. The van der Waals surface area contributed by atoms with Gasteiger partial charge in [0.25, 0.3) is 0 Å². The lowest BCUT2D eigenvalue weighted by Gasteiger charge is -2.34. The molecule has 4 aliphatic rings. The van der Waals surface area contributed by atoms with Crippen molar-refractivity contribution in [3.05, 3.63) is 72.3 Å². The third-order valence-corrected chi connectivity index (χ3v) is 8.47. The predicted octanol–water partition coefficient (Wildman–Crippen LogP) is 3.35. The van der Waals surface area contributed by atoms with Crippen LogP contribution in [0.15, 0.2) is 60.9 Å². The van der Waals surface area contributed by atoms with Crippen LogP contribution in [-0.2, 0) is 25.7 Å². The van der Waals surface area contributed by atoms with Gasteiger partial charge in [-0.2, -0.15) is 0 Å². The SMILES string of the molecule is CC12C=CC3(O1)C(C(=O)N(Cc1cccnc1)C3C(=O)NC1CCCCC1)C2C(=O)Nc1ccc(F)cc1. The molecule has 2 bridgehead atoms. The Balaban J connectivity index is 1.35. The Morgan fingerprint density at radius 3 is 2.58 bits per heavy atom. The third kappa shape index (κ3) is 4.00. The van der Waals surface area contributed by atoms with Gasteiger partial charge in [0.1, 0.15) is 17.5 Å². The molecule has 2 aromatic rings. The fraction of sp³-hybridized carbons (Fsp3) is 0.448. The molecular weight excluding hydrogens is 487 g/mol. The highest BCUT2D eigenvalue weighted by Crippen LogP contribution is 2.60. The maximum Gasteiger partial charge on any atom is 0.246 e. The van der Waals surface area contributed by atoms with Gasteiger partial charge in [0.2, 0.25) is 17.7 Å². The third-order valence-electron chi connectivity index (χ3n) is 8.47. The van der Waals surface area contributed by atoms with Crippen LogP contribution in [0.3, 0.4) is 0 Å². The van der Waals surface area contributed by atoms with Gasteiger partial charge < -0.3 is 20.3 Å².